The minimum absolute atomic E-state index is 0.225. The Hall–Kier alpha value is -2.07. The number of anilines is 1. The van der Waals surface area contributed by atoms with Crippen LogP contribution in [0.25, 0.3) is 11.2 Å². The highest BCUT2D eigenvalue weighted by Gasteiger charge is 2.18. The molecule has 0 saturated carbocycles. The predicted octanol–water partition coefficient (Wildman–Crippen LogP) is 2.11. The molecule has 0 saturated heterocycles. The van der Waals surface area contributed by atoms with Crippen LogP contribution in [0.4, 0.5) is 10.6 Å². The van der Waals surface area contributed by atoms with E-state index >= 15 is 0 Å². The average Bonchev–Trinajstić information content (AvgIpc) is 3.00. The van der Waals surface area contributed by atoms with Gasteiger partial charge in [0.25, 0.3) is 0 Å². The van der Waals surface area contributed by atoms with Crippen LogP contribution >= 0.6 is 7.60 Å². The van der Waals surface area contributed by atoms with Crippen molar-refractivity contribution in [3.05, 3.63) is 12.7 Å². The quantitative estimate of drug-likeness (QED) is 0.402. The van der Waals surface area contributed by atoms with Crippen LogP contribution in [0.3, 0.4) is 0 Å². The van der Waals surface area contributed by atoms with E-state index in [2.05, 4.69) is 27.2 Å². The molecule has 1 amide bonds. The van der Waals surface area contributed by atoms with E-state index in [0.29, 0.717) is 17.8 Å². The fraction of sp³-hybridized carbons (Fsp3) is 0.600. The maximum Gasteiger partial charge on any atom is 0.412 e. The Morgan fingerprint density at radius 3 is 2.81 bits per heavy atom. The molecule has 27 heavy (non-hydrogen) atoms. The van der Waals surface area contributed by atoms with Crippen molar-refractivity contribution in [2.75, 3.05) is 18.3 Å². The number of rotatable bonds is 10. The lowest BCUT2D eigenvalue weighted by atomic mass is 10.3. The van der Waals surface area contributed by atoms with Crippen molar-refractivity contribution in [2.45, 2.75) is 45.8 Å². The SMILES string of the molecule is CCCCCOC(=O)Nc1ncnc2c1ncn2C[C@@H](C)OCP(=O)(O)O. The number of hydrogen-bond donors (Lipinski definition) is 3. The summed E-state index contributed by atoms with van der Waals surface area (Å²) in [5.74, 6) is 0.225. The van der Waals surface area contributed by atoms with Crippen LogP contribution in [-0.4, -0.2) is 54.5 Å². The Bertz CT molecular complexity index is 807. The summed E-state index contributed by atoms with van der Waals surface area (Å²) in [5.41, 5.74) is 0.836. The zero-order valence-electron chi connectivity index (χ0n) is 15.2. The summed E-state index contributed by atoms with van der Waals surface area (Å²) in [6, 6.07) is 0. The van der Waals surface area contributed by atoms with Crippen LogP contribution in [0.5, 0.6) is 0 Å². The summed E-state index contributed by atoms with van der Waals surface area (Å²) in [6.07, 6.45) is 3.84. The van der Waals surface area contributed by atoms with Gasteiger partial charge in [0.15, 0.2) is 17.0 Å². The Kier molecular flexibility index (Phi) is 7.66. The van der Waals surface area contributed by atoms with Crippen LogP contribution < -0.4 is 5.32 Å². The van der Waals surface area contributed by atoms with Gasteiger partial charge in [-0.2, -0.15) is 0 Å². The smallest absolute Gasteiger partial charge is 0.412 e. The summed E-state index contributed by atoms with van der Waals surface area (Å²) in [4.78, 5) is 42.0. The largest absolute Gasteiger partial charge is 0.449 e. The average molecular weight is 401 g/mol. The molecule has 2 aromatic heterocycles. The van der Waals surface area contributed by atoms with E-state index in [0.717, 1.165) is 19.3 Å². The van der Waals surface area contributed by atoms with Crippen LogP contribution in [0.15, 0.2) is 12.7 Å². The van der Waals surface area contributed by atoms with Crippen molar-refractivity contribution < 1.29 is 28.6 Å². The Labute approximate surface area is 156 Å². The molecule has 11 nitrogen and oxygen atoms in total. The molecule has 0 spiro atoms. The van der Waals surface area contributed by atoms with E-state index in [4.69, 9.17) is 19.3 Å². The maximum absolute atomic E-state index is 11.9. The van der Waals surface area contributed by atoms with Crippen LogP contribution in [0.2, 0.25) is 0 Å². The van der Waals surface area contributed by atoms with Gasteiger partial charge < -0.3 is 23.8 Å². The molecule has 0 radical (unpaired) electrons. The van der Waals surface area contributed by atoms with Crippen molar-refractivity contribution in [3.63, 3.8) is 0 Å². The second-order valence-electron chi connectivity index (χ2n) is 6.03. The molecule has 12 heteroatoms. The second-order valence-corrected chi connectivity index (χ2v) is 7.62. The van der Waals surface area contributed by atoms with Gasteiger partial charge in [-0.3, -0.25) is 9.88 Å². The molecule has 0 aliphatic rings. The Morgan fingerprint density at radius 2 is 2.11 bits per heavy atom. The molecule has 0 bridgehead atoms. The van der Waals surface area contributed by atoms with Crippen molar-refractivity contribution in [1.82, 2.24) is 19.5 Å². The van der Waals surface area contributed by atoms with Gasteiger partial charge in [0, 0.05) is 0 Å². The van der Waals surface area contributed by atoms with Crippen molar-refractivity contribution in [2.24, 2.45) is 0 Å². The number of carbonyl (C=O) groups is 1. The van der Waals surface area contributed by atoms with Crippen LogP contribution in [0.1, 0.15) is 33.1 Å². The fourth-order valence-corrected chi connectivity index (χ4v) is 2.76. The lowest BCUT2D eigenvalue weighted by Gasteiger charge is -2.14. The molecule has 150 valence electrons. The van der Waals surface area contributed by atoms with E-state index in [9.17, 15) is 9.36 Å². The van der Waals surface area contributed by atoms with E-state index in [1.165, 1.54) is 12.7 Å². The standard InChI is InChI=1S/C15H24N5O6P/c1-3-4-5-6-25-15(21)19-13-12-14(17-8-16-13)20(9-18-12)7-11(2)26-10-27(22,23)24/h8-9,11H,3-7,10H2,1-2H3,(H2,22,23,24)(H,16,17,19,21)/t11-/m1/s1. The Morgan fingerprint density at radius 1 is 1.33 bits per heavy atom. The molecule has 0 aliphatic carbocycles. The predicted molar refractivity (Wildman–Crippen MR) is 97.3 cm³/mol. The molecule has 1 atom stereocenters. The third-order valence-corrected chi connectivity index (χ3v) is 4.07. The first-order valence-electron chi connectivity index (χ1n) is 8.56. The van der Waals surface area contributed by atoms with E-state index in [1.807, 2.05) is 0 Å². The van der Waals surface area contributed by atoms with E-state index in [1.54, 1.807) is 11.5 Å². The number of imidazole rings is 1. The Balaban J connectivity index is 2.01. The number of nitrogens with zero attached hydrogens (tertiary/aromatic N) is 4. The van der Waals surface area contributed by atoms with Crippen molar-refractivity contribution >= 4 is 30.7 Å². The number of hydrogen-bond acceptors (Lipinski definition) is 7. The van der Waals surface area contributed by atoms with Gasteiger partial charge in [-0.05, 0) is 13.3 Å². The molecular weight excluding hydrogens is 377 g/mol. The minimum atomic E-state index is -4.23. The van der Waals surface area contributed by atoms with Gasteiger partial charge in [0.2, 0.25) is 0 Å². The highest BCUT2D eigenvalue weighted by molar-refractivity contribution is 7.51. The monoisotopic (exact) mass is 401 g/mol. The maximum atomic E-state index is 11.9. The molecule has 3 N–H and O–H groups in total. The zero-order valence-corrected chi connectivity index (χ0v) is 16.1. The number of amides is 1. The van der Waals surface area contributed by atoms with Gasteiger partial charge in [0.1, 0.15) is 12.7 Å². The molecule has 0 aromatic carbocycles. The number of nitrogens with one attached hydrogen (secondary N) is 1. The molecular formula is C15H24N5O6P. The molecule has 2 aromatic rings. The van der Waals surface area contributed by atoms with Crippen LogP contribution in [0, 0.1) is 0 Å². The van der Waals surface area contributed by atoms with Crippen LogP contribution in [-0.2, 0) is 20.6 Å². The van der Waals surface area contributed by atoms with E-state index in [-0.39, 0.29) is 12.4 Å². The summed E-state index contributed by atoms with van der Waals surface area (Å²) in [7, 11) is -4.23. The van der Waals surface area contributed by atoms with Gasteiger partial charge >= 0.3 is 13.7 Å². The highest BCUT2D eigenvalue weighted by Crippen LogP contribution is 2.34. The zero-order chi connectivity index (χ0) is 19.9. The third kappa shape index (κ3) is 6.87. The molecule has 2 rings (SSSR count). The van der Waals surface area contributed by atoms with Gasteiger partial charge in [0.05, 0.1) is 25.6 Å². The summed E-state index contributed by atoms with van der Waals surface area (Å²) >= 11 is 0. The lowest BCUT2D eigenvalue weighted by Crippen LogP contribution is -2.17. The number of aromatic nitrogens is 4. The molecule has 0 unspecified atom stereocenters. The van der Waals surface area contributed by atoms with Gasteiger partial charge in [-0.1, -0.05) is 19.8 Å². The first-order chi connectivity index (χ1) is 12.8. The van der Waals surface area contributed by atoms with Gasteiger partial charge in [-0.25, -0.2) is 19.7 Å². The number of carbonyl (C=O) groups excluding carboxylic acids is 1. The second kappa shape index (κ2) is 9.75. The number of ether oxygens (including phenoxy) is 2. The number of fused-ring (bicyclic) bond motifs is 1. The van der Waals surface area contributed by atoms with Crippen molar-refractivity contribution in [1.29, 1.82) is 0 Å². The summed E-state index contributed by atoms with van der Waals surface area (Å²) < 4.78 is 22.8. The van der Waals surface area contributed by atoms with E-state index < -0.39 is 26.1 Å². The summed E-state index contributed by atoms with van der Waals surface area (Å²) in [6.45, 7) is 4.34. The minimum Gasteiger partial charge on any atom is -0.449 e. The summed E-state index contributed by atoms with van der Waals surface area (Å²) in [5, 5.41) is 2.55. The highest BCUT2D eigenvalue weighted by atomic mass is 31.2. The first kappa shape index (κ1) is 21.2. The van der Waals surface area contributed by atoms with Gasteiger partial charge in [-0.15, -0.1) is 0 Å². The third-order valence-electron chi connectivity index (χ3n) is 3.58. The van der Waals surface area contributed by atoms with Crippen molar-refractivity contribution in [3.8, 4) is 0 Å². The molecule has 0 aliphatic heterocycles. The normalized spacial score (nSPS) is 12.9. The molecule has 0 fully saturated rings. The topological polar surface area (TPSA) is 149 Å². The lowest BCUT2D eigenvalue weighted by molar-refractivity contribution is 0.0764. The fourth-order valence-electron chi connectivity index (χ4n) is 2.31. The first-order valence-corrected chi connectivity index (χ1v) is 10.4. The number of unbranched alkanes of at least 4 members (excludes halogenated alkanes) is 2. The molecule has 2 heterocycles.